The highest BCUT2D eigenvalue weighted by atomic mass is 16.6. The highest BCUT2D eigenvalue weighted by Crippen LogP contribution is 2.33. The molecule has 0 spiro atoms. The zero-order valence-electron chi connectivity index (χ0n) is 14.6. The summed E-state index contributed by atoms with van der Waals surface area (Å²) in [6.45, 7) is 4.42. The van der Waals surface area contributed by atoms with Gasteiger partial charge in [0.25, 0.3) is 5.56 Å². The molecule has 4 rings (SSSR count). The molecular weight excluding hydrogens is 332 g/mol. The average Bonchev–Trinajstić information content (AvgIpc) is 3.13. The normalized spacial score (nSPS) is 13.0. The van der Waals surface area contributed by atoms with E-state index in [1.807, 2.05) is 37.4 Å². The van der Waals surface area contributed by atoms with Gasteiger partial charge >= 0.3 is 0 Å². The summed E-state index contributed by atoms with van der Waals surface area (Å²) in [5, 5.41) is 8.43. The van der Waals surface area contributed by atoms with E-state index in [-0.39, 0.29) is 5.56 Å². The molecule has 0 aliphatic carbocycles. The van der Waals surface area contributed by atoms with Crippen LogP contribution in [0.5, 0.6) is 11.5 Å². The van der Waals surface area contributed by atoms with Crippen molar-refractivity contribution in [2.75, 3.05) is 13.2 Å². The molecule has 134 valence electrons. The standard InChI is InChI=1S/C19H20N4O3/c1-14-4-2-5-19(24)23(14)9-3-8-22-13-16(20-21-22)15-6-7-17-18(12-15)26-11-10-25-17/h2,4-7,12-13H,3,8-11H2,1H3. The van der Waals surface area contributed by atoms with Gasteiger partial charge in [0.05, 0.1) is 6.20 Å². The Bertz CT molecular complexity index is 977. The van der Waals surface area contributed by atoms with Gasteiger partial charge in [-0.2, -0.15) is 0 Å². The van der Waals surface area contributed by atoms with E-state index < -0.39 is 0 Å². The molecule has 0 atom stereocenters. The van der Waals surface area contributed by atoms with Gasteiger partial charge < -0.3 is 14.0 Å². The zero-order chi connectivity index (χ0) is 17.9. The molecule has 0 N–H and O–H groups in total. The highest BCUT2D eigenvalue weighted by molar-refractivity contribution is 5.63. The Morgan fingerprint density at radius 3 is 2.77 bits per heavy atom. The molecule has 0 fully saturated rings. The molecule has 0 saturated carbocycles. The van der Waals surface area contributed by atoms with Crippen LogP contribution in [0.2, 0.25) is 0 Å². The van der Waals surface area contributed by atoms with Gasteiger partial charge in [0.15, 0.2) is 11.5 Å². The molecular formula is C19H20N4O3. The second kappa shape index (κ2) is 7.03. The van der Waals surface area contributed by atoms with Crippen LogP contribution in [0.1, 0.15) is 12.1 Å². The minimum Gasteiger partial charge on any atom is -0.486 e. The first kappa shape index (κ1) is 16.4. The summed E-state index contributed by atoms with van der Waals surface area (Å²) in [4.78, 5) is 11.9. The van der Waals surface area contributed by atoms with E-state index in [2.05, 4.69) is 10.3 Å². The van der Waals surface area contributed by atoms with E-state index >= 15 is 0 Å². The summed E-state index contributed by atoms with van der Waals surface area (Å²) in [5.74, 6) is 1.50. The molecule has 0 radical (unpaired) electrons. The monoisotopic (exact) mass is 352 g/mol. The fourth-order valence-corrected chi connectivity index (χ4v) is 3.04. The molecule has 3 heterocycles. The predicted octanol–water partition coefficient (Wildman–Crippen LogP) is 2.28. The van der Waals surface area contributed by atoms with Crippen molar-refractivity contribution in [3.05, 3.63) is 58.6 Å². The SMILES string of the molecule is Cc1cccc(=O)n1CCCn1cc(-c2ccc3c(c2)OCCO3)nn1. The summed E-state index contributed by atoms with van der Waals surface area (Å²) in [6.07, 6.45) is 2.71. The quantitative estimate of drug-likeness (QED) is 0.704. The van der Waals surface area contributed by atoms with Gasteiger partial charge in [-0.3, -0.25) is 9.48 Å². The molecule has 7 nitrogen and oxygen atoms in total. The number of aromatic nitrogens is 4. The molecule has 1 aromatic carbocycles. The van der Waals surface area contributed by atoms with Crippen molar-refractivity contribution in [1.82, 2.24) is 19.6 Å². The van der Waals surface area contributed by atoms with E-state index in [4.69, 9.17) is 9.47 Å². The lowest BCUT2D eigenvalue weighted by Gasteiger charge is -2.18. The van der Waals surface area contributed by atoms with Gasteiger partial charge in [0.1, 0.15) is 18.9 Å². The molecule has 1 aliphatic rings. The molecule has 0 bridgehead atoms. The van der Waals surface area contributed by atoms with Crippen molar-refractivity contribution in [3.8, 4) is 22.8 Å². The van der Waals surface area contributed by atoms with Gasteiger partial charge in [-0.25, -0.2) is 0 Å². The van der Waals surface area contributed by atoms with Crippen molar-refractivity contribution in [1.29, 1.82) is 0 Å². The van der Waals surface area contributed by atoms with Crippen LogP contribution in [0.15, 0.2) is 47.4 Å². The van der Waals surface area contributed by atoms with E-state index in [1.165, 1.54) is 0 Å². The lowest BCUT2D eigenvalue weighted by molar-refractivity contribution is 0.171. The number of pyridine rings is 1. The van der Waals surface area contributed by atoms with Crippen molar-refractivity contribution in [2.24, 2.45) is 0 Å². The summed E-state index contributed by atoms with van der Waals surface area (Å²) in [7, 11) is 0. The van der Waals surface area contributed by atoms with E-state index in [0.717, 1.165) is 34.9 Å². The zero-order valence-corrected chi connectivity index (χ0v) is 14.6. The molecule has 0 saturated heterocycles. The fraction of sp³-hybridized carbons (Fsp3) is 0.316. The molecule has 7 heteroatoms. The number of hydrogen-bond acceptors (Lipinski definition) is 5. The van der Waals surface area contributed by atoms with Crippen molar-refractivity contribution < 1.29 is 9.47 Å². The maximum atomic E-state index is 11.9. The predicted molar refractivity (Wildman–Crippen MR) is 96.5 cm³/mol. The van der Waals surface area contributed by atoms with E-state index in [9.17, 15) is 4.79 Å². The van der Waals surface area contributed by atoms with Crippen LogP contribution in [0, 0.1) is 6.92 Å². The molecule has 2 aromatic heterocycles. The van der Waals surface area contributed by atoms with Crippen LogP contribution < -0.4 is 15.0 Å². The number of nitrogens with zero attached hydrogens (tertiary/aromatic N) is 4. The van der Waals surface area contributed by atoms with Gasteiger partial charge in [0, 0.05) is 30.4 Å². The Morgan fingerprint density at radius 1 is 1.08 bits per heavy atom. The Balaban J connectivity index is 1.43. The number of hydrogen-bond donors (Lipinski definition) is 0. The van der Waals surface area contributed by atoms with Crippen molar-refractivity contribution in [3.63, 3.8) is 0 Å². The largest absolute Gasteiger partial charge is 0.486 e. The van der Waals surface area contributed by atoms with Crippen LogP contribution in [0.3, 0.4) is 0 Å². The smallest absolute Gasteiger partial charge is 0.250 e. The number of fused-ring (bicyclic) bond motifs is 1. The molecule has 26 heavy (non-hydrogen) atoms. The summed E-state index contributed by atoms with van der Waals surface area (Å²) >= 11 is 0. The average molecular weight is 352 g/mol. The molecule has 0 amide bonds. The number of aryl methyl sites for hydroxylation is 2. The van der Waals surface area contributed by atoms with Crippen LogP contribution >= 0.6 is 0 Å². The number of rotatable bonds is 5. The van der Waals surface area contributed by atoms with Gasteiger partial charge in [0.2, 0.25) is 0 Å². The van der Waals surface area contributed by atoms with Crippen molar-refractivity contribution in [2.45, 2.75) is 26.4 Å². The number of ether oxygens (including phenoxy) is 2. The molecule has 3 aromatic rings. The second-order valence-electron chi connectivity index (χ2n) is 6.24. The summed E-state index contributed by atoms with van der Waals surface area (Å²) in [5.41, 5.74) is 2.72. The maximum absolute atomic E-state index is 11.9. The van der Waals surface area contributed by atoms with Crippen LogP contribution in [0.4, 0.5) is 0 Å². The summed E-state index contributed by atoms with van der Waals surface area (Å²) < 4.78 is 14.7. The second-order valence-corrected chi connectivity index (χ2v) is 6.24. The van der Waals surface area contributed by atoms with Gasteiger partial charge in [-0.05, 0) is 37.6 Å². The van der Waals surface area contributed by atoms with E-state index in [0.29, 0.717) is 26.3 Å². The third-order valence-electron chi connectivity index (χ3n) is 4.41. The topological polar surface area (TPSA) is 71.2 Å². The van der Waals surface area contributed by atoms with E-state index in [1.54, 1.807) is 21.4 Å². The van der Waals surface area contributed by atoms with Crippen LogP contribution in [0.25, 0.3) is 11.3 Å². The highest BCUT2D eigenvalue weighted by Gasteiger charge is 2.13. The first-order chi connectivity index (χ1) is 12.7. The minimum atomic E-state index is 0.0283. The maximum Gasteiger partial charge on any atom is 0.250 e. The third-order valence-corrected chi connectivity index (χ3v) is 4.41. The Kier molecular flexibility index (Phi) is 4.43. The van der Waals surface area contributed by atoms with Crippen molar-refractivity contribution >= 4 is 0 Å². The Hall–Kier alpha value is -3.09. The lowest BCUT2D eigenvalue weighted by Crippen LogP contribution is -2.21. The van der Waals surface area contributed by atoms with Crippen LogP contribution in [-0.4, -0.2) is 32.8 Å². The van der Waals surface area contributed by atoms with Gasteiger partial charge in [-0.15, -0.1) is 5.10 Å². The fourth-order valence-electron chi connectivity index (χ4n) is 3.04. The minimum absolute atomic E-state index is 0.0283. The first-order valence-corrected chi connectivity index (χ1v) is 8.67. The van der Waals surface area contributed by atoms with Gasteiger partial charge in [-0.1, -0.05) is 11.3 Å². The molecule has 0 unspecified atom stereocenters. The lowest BCUT2D eigenvalue weighted by atomic mass is 10.1. The summed E-state index contributed by atoms with van der Waals surface area (Å²) in [6, 6.07) is 11.1. The van der Waals surface area contributed by atoms with Crippen LogP contribution in [-0.2, 0) is 13.1 Å². The molecule has 1 aliphatic heterocycles. The Morgan fingerprint density at radius 2 is 1.92 bits per heavy atom. The number of benzene rings is 1. The first-order valence-electron chi connectivity index (χ1n) is 8.67. The third kappa shape index (κ3) is 3.33. The Labute approximate surface area is 150 Å².